The lowest BCUT2D eigenvalue weighted by Gasteiger charge is -2.18. The molecular formula is C20H25NO2S. The van der Waals surface area contributed by atoms with Gasteiger partial charge in [-0.15, -0.1) is 11.8 Å². The fourth-order valence-electron chi connectivity index (χ4n) is 2.53. The molecule has 0 aliphatic rings. The molecule has 0 aliphatic carbocycles. The Balaban J connectivity index is 1.89. The van der Waals surface area contributed by atoms with Crippen LogP contribution in [0.4, 0.5) is 0 Å². The first-order valence-corrected chi connectivity index (χ1v) is 9.44. The third-order valence-corrected chi connectivity index (χ3v) is 4.63. The summed E-state index contributed by atoms with van der Waals surface area (Å²) in [5, 5.41) is 0. The summed E-state index contributed by atoms with van der Waals surface area (Å²) in [7, 11) is 1.86. The Kier molecular flexibility index (Phi) is 7.19. The van der Waals surface area contributed by atoms with Crippen molar-refractivity contribution in [2.24, 2.45) is 0 Å². The molecule has 2 aromatic carbocycles. The van der Waals surface area contributed by atoms with Crippen molar-refractivity contribution >= 4 is 17.7 Å². The van der Waals surface area contributed by atoms with Gasteiger partial charge in [0.15, 0.2) is 0 Å². The zero-order valence-electron chi connectivity index (χ0n) is 14.6. The standard InChI is InChI=1S/C20H25NO2S/c1-4-23-19-8-6-5-7-17(19)11-14-20(22)21(2)15-16-9-12-18(24-3)13-10-16/h5-10,12-13H,4,11,14-15H2,1-3H3. The summed E-state index contributed by atoms with van der Waals surface area (Å²) in [5.41, 5.74) is 2.24. The predicted octanol–water partition coefficient (Wildman–Crippen LogP) is 4.40. The van der Waals surface area contributed by atoms with Crippen molar-refractivity contribution in [2.75, 3.05) is 19.9 Å². The van der Waals surface area contributed by atoms with Gasteiger partial charge < -0.3 is 9.64 Å². The number of benzene rings is 2. The minimum atomic E-state index is 0.148. The largest absolute Gasteiger partial charge is 0.494 e. The molecule has 2 aromatic rings. The van der Waals surface area contributed by atoms with E-state index in [1.807, 2.05) is 38.2 Å². The van der Waals surface area contributed by atoms with E-state index in [0.29, 0.717) is 26.0 Å². The van der Waals surface area contributed by atoms with Crippen LogP contribution in [0, 0.1) is 0 Å². The number of carbonyl (C=O) groups is 1. The molecule has 0 fully saturated rings. The Bertz CT molecular complexity index is 655. The molecule has 0 saturated heterocycles. The quantitative estimate of drug-likeness (QED) is 0.666. The number of amides is 1. The monoisotopic (exact) mass is 343 g/mol. The highest BCUT2D eigenvalue weighted by atomic mass is 32.2. The maximum atomic E-state index is 12.4. The first kappa shape index (κ1) is 18.4. The van der Waals surface area contributed by atoms with Crippen molar-refractivity contribution < 1.29 is 9.53 Å². The third kappa shape index (κ3) is 5.31. The van der Waals surface area contributed by atoms with Crippen LogP contribution in [0.3, 0.4) is 0 Å². The molecule has 0 unspecified atom stereocenters. The highest BCUT2D eigenvalue weighted by molar-refractivity contribution is 7.98. The number of hydrogen-bond acceptors (Lipinski definition) is 3. The van der Waals surface area contributed by atoms with E-state index >= 15 is 0 Å². The molecule has 0 radical (unpaired) electrons. The summed E-state index contributed by atoms with van der Waals surface area (Å²) in [5.74, 6) is 1.03. The van der Waals surface area contributed by atoms with Crippen LogP contribution >= 0.6 is 11.8 Å². The lowest BCUT2D eigenvalue weighted by molar-refractivity contribution is -0.130. The van der Waals surface area contributed by atoms with Gasteiger partial charge in [0.2, 0.25) is 5.91 Å². The second kappa shape index (κ2) is 9.38. The van der Waals surface area contributed by atoms with Crippen LogP contribution in [0.25, 0.3) is 0 Å². The van der Waals surface area contributed by atoms with Gasteiger partial charge in [-0.2, -0.15) is 0 Å². The second-order valence-corrected chi connectivity index (χ2v) is 6.52. The fourth-order valence-corrected chi connectivity index (χ4v) is 2.94. The van der Waals surface area contributed by atoms with Crippen molar-refractivity contribution in [2.45, 2.75) is 31.2 Å². The fraction of sp³-hybridized carbons (Fsp3) is 0.350. The maximum Gasteiger partial charge on any atom is 0.222 e. The highest BCUT2D eigenvalue weighted by Gasteiger charge is 2.11. The lowest BCUT2D eigenvalue weighted by atomic mass is 10.1. The Morgan fingerprint density at radius 3 is 2.50 bits per heavy atom. The normalized spacial score (nSPS) is 10.5. The van der Waals surface area contributed by atoms with Crippen molar-refractivity contribution in [1.82, 2.24) is 4.90 Å². The van der Waals surface area contributed by atoms with E-state index in [2.05, 4.69) is 30.5 Å². The second-order valence-electron chi connectivity index (χ2n) is 5.64. The number of nitrogens with zero attached hydrogens (tertiary/aromatic N) is 1. The van der Waals surface area contributed by atoms with E-state index in [4.69, 9.17) is 4.74 Å². The molecule has 0 bridgehead atoms. The summed E-state index contributed by atoms with van der Waals surface area (Å²) in [4.78, 5) is 15.4. The molecule has 0 aliphatic heterocycles. The molecule has 0 saturated carbocycles. The Hall–Kier alpha value is -1.94. The number of hydrogen-bond donors (Lipinski definition) is 0. The van der Waals surface area contributed by atoms with Crippen molar-refractivity contribution in [3.63, 3.8) is 0 Å². The summed E-state index contributed by atoms with van der Waals surface area (Å²) in [6.45, 7) is 3.25. The van der Waals surface area contributed by atoms with Gasteiger partial charge in [-0.1, -0.05) is 30.3 Å². The molecule has 0 spiro atoms. The van der Waals surface area contributed by atoms with Crippen LogP contribution in [-0.4, -0.2) is 30.7 Å². The molecule has 0 heterocycles. The summed E-state index contributed by atoms with van der Waals surface area (Å²) >= 11 is 1.72. The van der Waals surface area contributed by atoms with Crippen LogP contribution in [0.2, 0.25) is 0 Å². The average Bonchev–Trinajstić information content (AvgIpc) is 2.61. The summed E-state index contributed by atoms with van der Waals surface area (Å²) in [6, 6.07) is 16.3. The van der Waals surface area contributed by atoms with Gasteiger partial charge in [-0.05, 0) is 48.9 Å². The van der Waals surface area contributed by atoms with E-state index < -0.39 is 0 Å². The molecule has 4 heteroatoms. The molecule has 3 nitrogen and oxygen atoms in total. The van der Waals surface area contributed by atoms with E-state index in [0.717, 1.165) is 16.9 Å². The number of aryl methyl sites for hydroxylation is 1. The smallest absolute Gasteiger partial charge is 0.222 e. The molecule has 0 aromatic heterocycles. The average molecular weight is 343 g/mol. The van der Waals surface area contributed by atoms with Crippen LogP contribution in [0.1, 0.15) is 24.5 Å². The van der Waals surface area contributed by atoms with Crippen LogP contribution in [0.5, 0.6) is 5.75 Å². The number of para-hydroxylation sites is 1. The number of ether oxygens (including phenoxy) is 1. The zero-order chi connectivity index (χ0) is 17.4. The summed E-state index contributed by atoms with van der Waals surface area (Å²) < 4.78 is 5.62. The number of carbonyl (C=O) groups excluding carboxylic acids is 1. The van der Waals surface area contributed by atoms with Crippen molar-refractivity contribution in [3.8, 4) is 5.75 Å². The van der Waals surface area contributed by atoms with Gasteiger partial charge in [0.05, 0.1) is 6.61 Å². The van der Waals surface area contributed by atoms with E-state index in [-0.39, 0.29) is 5.91 Å². The van der Waals surface area contributed by atoms with E-state index in [1.165, 1.54) is 4.90 Å². The van der Waals surface area contributed by atoms with Gasteiger partial charge >= 0.3 is 0 Å². The SMILES string of the molecule is CCOc1ccccc1CCC(=O)N(C)Cc1ccc(SC)cc1. The first-order chi connectivity index (χ1) is 11.6. The van der Waals surface area contributed by atoms with E-state index in [1.54, 1.807) is 16.7 Å². The topological polar surface area (TPSA) is 29.5 Å². The van der Waals surface area contributed by atoms with Gasteiger partial charge in [0.1, 0.15) is 5.75 Å². The molecule has 2 rings (SSSR count). The van der Waals surface area contributed by atoms with Gasteiger partial charge in [0, 0.05) is 24.9 Å². The summed E-state index contributed by atoms with van der Waals surface area (Å²) in [6.07, 6.45) is 3.25. The number of rotatable bonds is 8. The molecule has 1 amide bonds. The Morgan fingerprint density at radius 1 is 1.12 bits per heavy atom. The van der Waals surface area contributed by atoms with Gasteiger partial charge in [-0.25, -0.2) is 0 Å². The van der Waals surface area contributed by atoms with Gasteiger partial charge in [0.25, 0.3) is 0 Å². The Labute approximate surface area is 149 Å². The van der Waals surface area contributed by atoms with Crippen LogP contribution in [0.15, 0.2) is 53.4 Å². The zero-order valence-corrected chi connectivity index (χ0v) is 15.4. The third-order valence-electron chi connectivity index (χ3n) is 3.89. The molecule has 0 atom stereocenters. The highest BCUT2D eigenvalue weighted by Crippen LogP contribution is 2.20. The molecule has 0 N–H and O–H groups in total. The maximum absolute atomic E-state index is 12.4. The number of thioether (sulfide) groups is 1. The predicted molar refractivity (Wildman–Crippen MR) is 101 cm³/mol. The van der Waals surface area contributed by atoms with Gasteiger partial charge in [-0.3, -0.25) is 4.79 Å². The first-order valence-electron chi connectivity index (χ1n) is 8.21. The lowest BCUT2D eigenvalue weighted by Crippen LogP contribution is -2.26. The molecular weight excluding hydrogens is 318 g/mol. The molecule has 128 valence electrons. The Morgan fingerprint density at radius 2 is 1.83 bits per heavy atom. The van der Waals surface area contributed by atoms with E-state index in [9.17, 15) is 4.79 Å². The van der Waals surface area contributed by atoms with Crippen LogP contribution < -0.4 is 4.74 Å². The van der Waals surface area contributed by atoms with Crippen molar-refractivity contribution in [1.29, 1.82) is 0 Å². The van der Waals surface area contributed by atoms with Crippen molar-refractivity contribution in [3.05, 3.63) is 59.7 Å². The minimum absolute atomic E-state index is 0.148. The van der Waals surface area contributed by atoms with Crippen LogP contribution in [-0.2, 0) is 17.8 Å². The minimum Gasteiger partial charge on any atom is -0.494 e. The molecule has 24 heavy (non-hydrogen) atoms.